The smallest absolute Gasteiger partial charge is 0.165 e. The minimum atomic E-state index is -0.320. The minimum Gasteiger partial charge on any atom is -0.350 e. The summed E-state index contributed by atoms with van der Waals surface area (Å²) >= 11 is 0. The second-order valence-corrected chi connectivity index (χ2v) is 12.7. The molecule has 166 valence electrons. The highest BCUT2D eigenvalue weighted by atomic mass is 16.7. The first kappa shape index (κ1) is 20.8. The monoisotopic (exact) mass is 402 g/mol. The van der Waals surface area contributed by atoms with Gasteiger partial charge in [-0.1, -0.05) is 47.5 Å². The average molecular weight is 403 g/mol. The lowest BCUT2D eigenvalue weighted by Crippen LogP contribution is -2.54. The fourth-order valence-electron chi connectivity index (χ4n) is 9.75. The molecule has 5 rings (SSSR count). The van der Waals surface area contributed by atoms with Gasteiger partial charge in [0.1, 0.15) is 0 Å². The molecule has 2 heteroatoms. The Kier molecular flexibility index (Phi) is 5.18. The number of unbranched alkanes of at least 4 members (excludes halogenated alkanes) is 2. The molecule has 2 nitrogen and oxygen atoms in total. The van der Waals surface area contributed by atoms with Crippen molar-refractivity contribution < 1.29 is 9.47 Å². The molecule has 1 saturated heterocycles. The Morgan fingerprint density at radius 1 is 0.862 bits per heavy atom. The van der Waals surface area contributed by atoms with Gasteiger partial charge in [-0.05, 0) is 91.8 Å². The SMILES string of the molecule is CCCCCC1(C)OCC2(CO1)CC1CC2C2C3CC(C(C(C)C)C3C(C)C)C12. The van der Waals surface area contributed by atoms with E-state index in [4.69, 9.17) is 9.47 Å². The van der Waals surface area contributed by atoms with Crippen LogP contribution in [0.4, 0.5) is 0 Å². The van der Waals surface area contributed by atoms with Gasteiger partial charge in [0.2, 0.25) is 0 Å². The van der Waals surface area contributed by atoms with E-state index in [2.05, 4.69) is 41.5 Å². The van der Waals surface area contributed by atoms with Gasteiger partial charge in [-0.15, -0.1) is 0 Å². The van der Waals surface area contributed by atoms with Gasteiger partial charge in [0.15, 0.2) is 5.79 Å². The molecule has 1 aliphatic heterocycles. The zero-order chi connectivity index (χ0) is 20.6. The summed E-state index contributed by atoms with van der Waals surface area (Å²) in [5.74, 6) is 9.20. The fourth-order valence-corrected chi connectivity index (χ4v) is 9.75. The maximum Gasteiger partial charge on any atom is 0.165 e. The van der Waals surface area contributed by atoms with Crippen molar-refractivity contribution in [1.82, 2.24) is 0 Å². The second-order valence-electron chi connectivity index (χ2n) is 12.7. The van der Waals surface area contributed by atoms with E-state index >= 15 is 0 Å². The van der Waals surface area contributed by atoms with Crippen molar-refractivity contribution in [3.63, 3.8) is 0 Å². The van der Waals surface area contributed by atoms with Gasteiger partial charge in [0.25, 0.3) is 0 Å². The van der Waals surface area contributed by atoms with E-state index in [9.17, 15) is 0 Å². The quantitative estimate of drug-likeness (QED) is 0.360. The van der Waals surface area contributed by atoms with Gasteiger partial charge in [-0.2, -0.15) is 0 Å². The van der Waals surface area contributed by atoms with Gasteiger partial charge in [0, 0.05) is 11.8 Å². The molecule has 8 unspecified atom stereocenters. The molecule has 5 aliphatic rings. The van der Waals surface area contributed by atoms with Crippen LogP contribution in [0.25, 0.3) is 0 Å². The van der Waals surface area contributed by atoms with E-state index in [1.807, 2.05) is 0 Å². The molecular weight excluding hydrogens is 356 g/mol. The number of ether oxygens (including phenoxy) is 2. The first-order chi connectivity index (χ1) is 13.8. The van der Waals surface area contributed by atoms with Gasteiger partial charge in [-0.3, -0.25) is 0 Å². The summed E-state index contributed by atoms with van der Waals surface area (Å²) in [6, 6.07) is 0. The predicted octanol–water partition coefficient (Wildman–Crippen LogP) is 6.78. The molecule has 5 fully saturated rings. The summed E-state index contributed by atoms with van der Waals surface area (Å²) in [7, 11) is 0. The normalized spacial score (nSPS) is 53.0. The summed E-state index contributed by atoms with van der Waals surface area (Å²) in [6.07, 6.45) is 9.27. The summed E-state index contributed by atoms with van der Waals surface area (Å²) < 4.78 is 13.1. The third kappa shape index (κ3) is 3.01. The topological polar surface area (TPSA) is 18.5 Å². The van der Waals surface area contributed by atoms with Gasteiger partial charge < -0.3 is 9.47 Å². The lowest BCUT2D eigenvalue weighted by molar-refractivity contribution is -0.310. The molecule has 8 atom stereocenters. The van der Waals surface area contributed by atoms with Crippen LogP contribution in [0.3, 0.4) is 0 Å². The molecule has 1 spiro atoms. The van der Waals surface area contributed by atoms with E-state index in [0.29, 0.717) is 5.41 Å². The molecule has 0 aromatic heterocycles. The summed E-state index contributed by atoms with van der Waals surface area (Å²) in [5, 5.41) is 0. The van der Waals surface area contributed by atoms with Crippen LogP contribution >= 0.6 is 0 Å². The first-order valence-electron chi connectivity index (χ1n) is 13.1. The largest absolute Gasteiger partial charge is 0.350 e. The van der Waals surface area contributed by atoms with E-state index < -0.39 is 0 Å². The predicted molar refractivity (Wildman–Crippen MR) is 118 cm³/mol. The zero-order valence-electron chi connectivity index (χ0n) is 20.0. The number of rotatable bonds is 6. The molecular formula is C27H46O2. The molecule has 0 aromatic carbocycles. The first-order valence-corrected chi connectivity index (χ1v) is 13.1. The van der Waals surface area contributed by atoms with Crippen molar-refractivity contribution in [3.05, 3.63) is 0 Å². The minimum absolute atomic E-state index is 0.320. The van der Waals surface area contributed by atoms with Crippen molar-refractivity contribution in [3.8, 4) is 0 Å². The van der Waals surface area contributed by atoms with Crippen LogP contribution in [-0.4, -0.2) is 19.0 Å². The van der Waals surface area contributed by atoms with E-state index in [0.717, 1.165) is 78.8 Å². The van der Waals surface area contributed by atoms with Crippen LogP contribution in [-0.2, 0) is 9.47 Å². The molecule has 0 amide bonds. The Morgan fingerprint density at radius 2 is 1.48 bits per heavy atom. The van der Waals surface area contributed by atoms with Crippen LogP contribution in [0.15, 0.2) is 0 Å². The standard InChI is InChI=1S/C27H46O2/c1-7-8-9-10-26(6)28-14-27(15-29-26)13-18-11-21(27)25-20-12-19(24(18)25)22(16(2)3)23(20)17(4)5/h16-25H,7-15H2,1-6H3. The van der Waals surface area contributed by atoms with Crippen LogP contribution in [0.5, 0.6) is 0 Å². The Morgan fingerprint density at radius 3 is 2.07 bits per heavy atom. The summed E-state index contributed by atoms with van der Waals surface area (Å²) in [5.41, 5.74) is 0.343. The van der Waals surface area contributed by atoms with E-state index in [1.54, 1.807) is 6.42 Å². The molecule has 0 N–H and O–H groups in total. The zero-order valence-corrected chi connectivity index (χ0v) is 20.0. The molecule has 1 heterocycles. The number of fused-ring (bicyclic) bond motifs is 10. The van der Waals surface area contributed by atoms with Gasteiger partial charge in [0.05, 0.1) is 13.2 Å². The molecule has 4 aliphatic carbocycles. The molecule has 4 saturated carbocycles. The molecule has 0 radical (unpaired) electrons. The Labute approximate surface area is 179 Å². The van der Waals surface area contributed by atoms with E-state index in [1.165, 1.54) is 32.1 Å². The maximum atomic E-state index is 6.54. The fraction of sp³-hybridized carbons (Fsp3) is 1.00. The maximum absolute atomic E-state index is 6.54. The van der Waals surface area contributed by atoms with Crippen molar-refractivity contribution in [1.29, 1.82) is 0 Å². The third-order valence-electron chi connectivity index (χ3n) is 10.5. The molecule has 29 heavy (non-hydrogen) atoms. The van der Waals surface area contributed by atoms with Crippen molar-refractivity contribution >= 4 is 0 Å². The van der Waals surface area contributed by atoms with Crippen LogP contribution < -0.4 is 0 Å². The highest BCUT2D eigenvalue weighted by Gasteiger charge is 2.71. The molecule has 0 aromatic rings. The Bertz CT molecular complexity index is 602. The summed E-state index contributed by atoms with van der Waals surface area (Å²) in [4.78, 5) is 0. The number of hydrogen-bond acceptors (Lipinski definition) is 2. The highest BCUT2D eigenvalue weighted by molar-refractivity contribution is 5.19. The lowest BCUT2D eigenvalue weighted by Gasteiger charge is -2.54. The Hall–Kier alpha value is -0.0800. The Balaban J connectivity index is 1.32. The van der Waals surface area contributed by atoms with Gasteiger partial charge >= 0.3 is 0 Å². The average Bonchev–Trinajstić information content (AvgIpc) is 3.40. The lowest BCUT2D eigenvalue weighted by atomic mass is 9.54. The summed E-state index contributed by atoms with van der Waals surface area (Å²) in [6.45, 7) is 16.4. The highest BCUT2D eigenvalue weighted by Crippen LogP contribution is 2.75. The van der Waals surface area contributed by atoms with Crippen LogP contribution in [0, 0.1) is 64.6 Å². The third-order valence-corrected chi connectivity index (χ3v) is 10.5. The molecule has 4 bridgehead atoms. The van der Waals surface area contributed by atoms with Crippen molar-refractivity contribution in [2.24, 2.45) is 64.6 Å². The number of hydrogen-bond donors (Lipinski definition) is 0. The van der Waals surface area contributed by atoms with Crippen LogP contribution in [0.2, 0.25) is 0 Å². The van der Waals surface area contributed by atoms with Crippen molar-refractivity contribution in [2.75, 3.05) is 13.2 Å². The van der Waals surface area contributed by atoms with E-state index in [-0.39, 0.29) is 5.79 Å². The van der Waals surface area contributed by atoms with Crippen molar-refractivity contribution in [2.45, 2.75) is 92.3 Å². The second kappa shape index (κ2) is 7.22. The van der Waals surface area contributed by atoms with Gasteiger partial charge in [-0.25, -0.2) is 0 Å². The van der Waals surface area contributed by atoms with Crippen LogP contribution in [0.1, 0.15) is 86.5 Å².